The maximum Gasteiger partial charge on any atom is 0.269 e. The zero-order valence-electron chi connectivity index (χ0n) is 30.1. The fraction of sp³-hybridized carbons (Fsp3) is 0.238. The summed E-state index contributed by atoms with van der Waals surface area (Å²) in [6.07, 6.45) is 3.93. The molecule has 3 aliphatic heterocycles. The molecule has 0 radical (unpaired) electrons. The van der Waals surface area contributed by atoms with Gasteiger partial charge in [-0.15, -0.1) is 0 Å². The molecule has 2 N–H and O–H groups in total. The number of nitrogens with zero attached hydrogens (tertiary/aromatic N) is 3. The molecule has 9 rings (SSSR count). The number of carbonyl (C=O) groups excluding carboxylic acids is 4. The van der Waals surface area contributed by atoms with Gasteiger partial charge in [0.2, 0.25) is 11.8 Å². The number of nitro benzene ring substituents is 1. The Bertz CT molecular complexity index is 2490. The average molecular weight is 808 g/mol. The number of hydrogen-bond donors (Lipinski definition) is 2. The lowest BCUT2D eigenvalue weighted by molar-refractivity contribution is -0.384. The van der Waals surface area contributed by atoms with Gasteiger partial charge in [0.05, 0.1) is 57.9 Å². The SMILES string of the molecule is COc1ccc([C@@]23C(=O)N(Nc4ccc(Cl)cc4Cl)C(=O)[C@@H]2C[C@@H]2C(=CC[C@@H]4C(=O)N(c5ccc([N+](=O)[O-])cc5)C(=O)[C@@H]42)[C@@H]3C2=COc3ccc(O)cc3C2)cc1. The van der Waals surface area contributed by atoms with E-state index in [4.69, 9.17) is 32.7 Å². The number of benzene rings is 4. The number of nitrogens with one attached hydrogen (secondary N) is 1. The van der Waals surface area contributed by atoms with Crippen molar-refractivity contribution in [2.24, 2.45) is 29.6 Å². The Kier molecular flexibility index (Phi) is 8.63. The number of nitro groups is 1. The molecule has 6 atom stereocenters. The van der Waals surface area contributed by atoms with E-state index in [1.807, 2.05) is 6.08 Å². The van der Waals surface area contributed by atoms with Gasteiger partial charge in [0.15, 0.2) is 0 Å². The topological polar surface area (TPSA) is 169 Å². The highest BCUT2D eigenvalue weighted by Gasteiger charge is 2.71. The van der Waals surface area contributed by atoms with Crippen LogP contribution in [0.4, 0.5) is 17.1 Å². The average Bonchev–Trinajstić information content (AvgIpc) is 3.59. The van der Waals surface area contributed by atoms with Crippen LogP contribution in [0.25, 0.3) is 0 Å². The molecule has 57 heavy (non-hydrogen) atoms. The first kappa shape index (κ1) is 36.5. The van der Waals surface area contributed by atoms with Crippen molar-refractivity contribution in [1.29, 1.82) is 0 Å². The Hall–Kier alpha value is -6.18. The van der Waals surface area contributed by atoms with Crippen LogP contribution in [0.15, 0.2) is 108 Å². The number of phenols is 1. The number of phenolic OH excluding ortho intramolecular Hbond substituents is 1. The maximum atomic E-state index is 15.5. The Morgan fingerprint density at radius 3 is 2.39 bits per heavy atom. The van der Waals surface area contributed by atoms with Crippen LogP contribution < -0.4 is 19.8 Å². The van der Waals surface area contributed by atoms with Gasteiger partial charge in [0.1, 0.15) is 17.2 Å². The molecule has 13 nitrogen and oxygen atoms in total. The minimum absolute atomic E-state index is 0.0197. The van der Waals surface area contributed by atoms with Crippen LogP contribution in [-0.4, -0.2) is 45.8 Å². The summed E-state index contributed by atoms with van der Waals surface area (Å²) < 4.78 is 11.7. The smallest absolute Gasteiger partial charge is 0.269 e. The van der Waals surface area contributed by atoms with Gasteiger partial charge in [-0.05, 0) is 90.6 Å². The molecule has 15 heteroatoms. The summed E-state index contributed by atoms with van der Waals surface area (Å²) in [6, 6.07) is 21.6. The minimum Gasteiger partial charge on any atom is -0.508 e. The molecule has 0 spiro atoms. The van der Waals surface area contributed by atoms with Crippen molar-refractivity contribution in [3.8, 4) is 17.2 Å². The predicted molar refractivity (Wildman–Crippen MR) is 207 cm³/mol. The van der Waals surface area contributed by atoms with Crippen molar-refractivity contribution in [1.82, 2.24) is 5.01 Å². The van der Waals surface area contributed by atoms with Crippen molar-refractivity contribution in [2.75, 3.05) is 17.4 Å². The van der Waals surface area contributed by atoms with Crippen LogP contribution in [-0.2, 0) is 31.0 Å². The van der Waals surface area contributed by atoms with Gasteiger partial charge in [-0.3, -0.25) is 39.6 Å². The third-order valence-corrected chi connectivity index (χ3v) is 12.6. The second-order valence-corrected chi connectivity index (χ2v) is 15.6. The van der Waals surface area contributed by atoms with Gasteiger partial charge in [-0.1, -0.05) is 47.0 Å². The van der Waals surface area contributed by atoms with Crippen molar-refractivity contribution in [2.45, 2.75) is 24.7 Å². The van der Waals surface area contributed by atoms with E-state index in [0.29, 0.717) is 38.8 Å². The number of methoxy groups -OCH3 is 1. The zero-order valence-corrected chi connectivity index (χ0v) is 31.6. The molecule has 2 saturated heterocycles. The Morgan fingerprint density at radius 1 is 0.930 bits per heavy atom. The number of allylic oxidation sites excluding steroid dienone is 3. The summed E-state index contributed by atoms with van der Waals surface area (Å²) in [6.45, 7) is 0. The molecule has 3 heterocycles. The number of non-ortho nitro benzene ring substituents is 1. The second kappa shape index (κ2) is 13.5. The Morgan fingerprint density at radius 2 is 1.68 bits per heavy atom. The fourth-order valence-corrected chi connectivity index (χ4v) is 10.1. The van der Waals surface area contributed by atoms with E-state index in [-0.39, 0.29) is 47.1 Å². The number of aromatic hydroxyl groups is 1. The second-order valence-electron chi connectivity index (χ2n) is 14.8. The maximum absolute atomic E-state index is 15.5. The van der Waals surface area contributed by atoms with E-state index in [9.17, 15) is 24.8 Å². The number of fused-ring (bicyclic) bond motifs is 5. The van der Waals surface area contributed by atoms with Gasteiger partial charge >= 0.3 is 0 Å². The normalized spacial score (nSPS) is 26.1. The predicted octanol–water partition coefficient (Wildman–Crippen LogP) is 7.16. The molecule has 1 saturated carbocycles. The van der Waals surface area contributed by atoms with E-state index in [1.165, 1.54) is 43.5 Å². The molecule has 2 aliphatic carbocycles. The van der Waals surface area contributed by atoms with Crippen LogP contribution in [0, 0.1) is 39.7 Å². The third-order valence-electron chi connectivity index (χ3n) is 12.0. The number of hydrogen-bond acceptors (Lipinski definition) is 10. The molecule has 4 aromatic rings. The molecule has 3 fully saturated rings. The standard InChI is InChI=1S/C42H32Cl2N4O9/c1-56-28-10-2-23(3-11-28)42-32(39(51)47(41(42)53)45-34-14-4-24(43)18-33(34)44)19-31-29(37(42)22-16-21-17-27(49)9-15-35(21)57-20-22)12-13-30-36(31)40(52)46(38(30)50)25-5-7-26(8-6-25)48(54)55/h2-12,14-15,17-18,20,30-32,36-37,45,49H,13,16,19H2,1H3/t30-,31+,32-,36-,37-,42+/m0/s1. The highest BCUT2D eigenvalue weighted by Crippen LogP contribution is 2.63. The van der Waals surface area contributed by atoms with Gasteiger partial charge in [0.25, 0.3) is 17.5 Å². The van der Waals surface area contributed by atoms with Crippen LogP contribution in [0.1, 0.15) is 24.0 Å². The number of rotatable bonds is 7. The van der Waals surface area contributed by atoms with E-state index < -0.39 is 63.6 Å². The van der Waals surface area contributed by atoms with Crippen molar-refractivity contribution < 1.29 is 38.7 Å². The summed E-state index contributed by atoms with van der Waals surface area (Å²) in [4.78, 5) is 71.1. The molecule has 288 valence electrons. The molecular formula is C42H32Cl2N4O9. The number of halogens is 2. The molecular weight excluding hydrogens is 775 g/mol. The Balaban J connectivity index is 1.22. The van der Waals surface area contributed by atoms with Gasteiger partial charge in [-0.2, -0.15) is 5.01 Å². The van der Waals surface area contributed by atoms with E-state index in [0.717, 1.165) is 9.91 Å². The molecule has 0 bridgehead atoms. The van der Waals surface area contributed by atoms with Crippen LogP contribution in [0.2, 0.25) is 10.0 Å². The summed E-state index contributed by atoms with van der Waals surface area (Å²) in [5.41, 5.74) is 4.17. The van der Waals surface area contributed by atoms with Crippen molar-refractivity contribution in [3.63, 3.8) is 0 Å². The van der Waals surface area contributed by atoms with Crippen molar-refractivity contribution >= 4 is 63.9 Å². The van der Waals surface area contributed by atoms with Crippen molar-refractivity contribution in [3.05, 3.63) is 140 Å². The third kappa shape index (κ3) is 5.51. The van der Waals surface area contributed by atoms with Gasteiger partial charge < -0.3 is 14.6 Å². The lowest BCUT2D eigenvalue weighted by Gasteiger charge is -2.51. The summed E-state index contributed by atoms with van der Waals surface area (Å²) >= 11 is 12.7. The van der Waals surface area contributed by atoms with Crippen LogP contribution in [0.3, 0.4) is 0 Å². The largest absolute Gasteiger partial charge is 0.508 e. The van der Waals surface area contributed by atoms with Crippen LogP contribution >= 0.6 is 23.2 Å². The lowest BCUT2D eigenvalue weighted by Crippen LogP contribution is -2.55. The first-order valence-corrected chi connectivity index (χ1v) is 18.9. The summed E-state index contributed by atoms with van der Waals surface area (Å²) in [5, 5.41) is 23.4. The van der Waals surface area contributed by atoms with E-state index >= 15 is 9.59 Å². The molecule has 0 aromatic heterocycles. The fourth-order valence-electron chi connectivity index (χ4n) is 9.64. The monoisotopic (exact) mass is 806 g/mol. The number of carbonyl (C=O) groups is 4. The minimum atomic E-state index is -1.60. The number of anilines is 2. The lowest BCUT2D eigenvalue weighted by atomic mass is 9.48. The van der Waals surface area contributed by atoms with Crippen LogP contribution in [0.5, 0.6) is 17.2 Å². The summed E-state index contributed by atoms with van der Waals surface area (Å²) in [5.74, 6) is -5.29. The molecule has 4 amide bonds. The van der Waals surface area contributed by atoms with E-state index in [1.54, 1.807) is 54.8 Å². The Labute approximate surface area is 335 Å². The number of hydrazine groups is 1. The number of amides is 4. The molecule has 4 aromatic carbocycles. The highest BCUT2D eigenvalue weighted by atomic mass is 35.5. The zero-order chi connectivity index (χ0) is 39.9. The quantitative estimate of drug-likeness (QED) is 0.0847. The first-order valence-electron chi connectivity index (χ1n) is 18.2. The van der Waals surface area contributed by atoms with Gasteiger partial charge in [0, 0.05) is 35.1 Å². The molecule has 0 unspecified atom stereocenters. The highest BCUT2D eigenvalue weighted by molar-refractivity contribution is 6.36. The number of imide groups is 2. The van der Waals surface area contributed by atoms with Gasteiger partial charge in [-0.25, -0.2) is 0 Å². The first-order chi connectivity index (χ1) is 27.4. The number of ether oxygens (including phenoxy) is 2. The summed E-state index contributed by atoms with van der Waals surface area (Å²) in [7, 11) is 1.52. The molecule has 5 aliphatic rings. The van der Waals surface area contributed by atoms with E-state index in [2.05, 4.69) is 5.43 Å².